The third kappa shape index (κ3) is 9.29. The fourth-order valence-corrected chi connectivity index (χ4v) is 3.39. The number of hydrogen-bond donors (Lipinski definition) is 2. The molecule has 2 rings (SSSR count). The number of benzene rings is 2. The molecule has 2 N–H and O–H groups in total. The van der Waals surface area contributed by atoms with Gasteiger partial charge < -0.3 is 24.4 Å². The molecule has 0 saturated heterocycles. The van der Waals surface area contributed by atoms with E-state index in [4.69, 9.17) is 14.2 Å². The van der Waals surface area contributed by atoms with Crippen LogP contribution in [0, 0.1) is 10.8 Å². The van der Waals surface area contributed by atoms with E-state index in [1.165, 1.54) is 0 Å². The van der Waals surface area contributed by atoms with Gasteiger partial charge in [-0.25, -0.2) is 0 Å². The second-order valence-electron chi connectivity index (χ2n) is 10.1. The molecule has 7 heteroatoms. The van der Waals surface area contributed by atoms with Crippen molar-refractivity contribution in [2.24, 2.45) is 10.8 Å². The summed E-state index contributed by atoms with van der Waals surface area (Å²) >= 11 is 0. The van der Waals surface area contributed by atoms with Crippen molar-refractivity contribution in [3.63, 3.8) is 0 Å². The lowest BCUT2D eigenvalue weighted by Crippen LogP contribution is -2.24. The molecule has 0 radical (unpaired) electrons. The lowest BCUT2D eigenvalue weighted by Gasteiger charge is -2.19. The molecule has 36 heavy (non-hydrogen) atoms. The van der Waals surface area contributed by atoms with Crippen LogP contribution < -0.4 is 14.2 Å². The number of rotatable bonds is 15. The smallest absolute Gasteiger partial charge is 0.309 e. The zero-order valence-corrected chi connectivity index (χ0v) is 21.9. The van der Waals surface area contributed by atoms with Crippen molar-refractivity contribution in [3.05, 3.63) is 53.6 Å². The lowest BCUT2D eigenvalue weighted by molar-refractivity contribution is -0.148. The minimum atomic E-state index is -0.824. The van der Waals surface area contributed by atoms with Crippen LogP contribution in [-0.2, 0) is 9.59 Å². The van der Waals surface area contributed by atoms with E-state index in [2.05, 4.69) is 0 Å². The number of hydrogen-bond acceptors (Lipinski definition) is 5. The number of carbonyl (C=O) groups is 2. The molecule has 0 saturated carbocycles. The van der Waals surface area contributed by atoms with Crippen LogP contribution in [0.4, 0.5) is 0 Å². The highest BCUT2D eigenvalue weighted by atomic mass is 16.5. The van der Waals surface area contributed by atoms with Crippen LogP contribution in [-0.4, -0.2) is 42.5 Å². The summed E-state index contributed by atoms with van der Waals surface area (Å²) in [6.45, 7) is 7.59. The van der Waals surface area contributed by atoms with E-state index < -0.39 is 22.8 Å². The molecule has 0 aliphatic carbocycles. The minimum Gasteiger partial charge on any atom is -0.497 e. The SMILES string of the molecule is COc1ccc(/C=C/c2cc(OCCCC(C)(C)C(=O)O)cc(OCCCC(C)(C)C(=O)O)c2)cc1. The maximum Gasteiger partial charge on any atom is 0.309 e. The summed E-state index contributed by atoms with van der Waals surface area (Å²) in [4.78, 5) is 22.6. The second kappa shape index (κ2) is 13.0. The van der Waals surface area contributed by atoms with Crippen molar-refractivity contribution in [1.82, 2.24) is 0 Å². The van der Waals surface area contributed by atoms with Gasteiger partial charge in [-0.3, -0.25) is 9.59 Å². The summed E-state index contributed by atoms with van der Waals surface area (Å²) < 4.78 is 17.1. The third-order valence-electron chi connectivity index (χ3n) is 6.07. The summed E-state index contributed by atoms with van der Waals surface area (Å²) in [6, 6.07) is 13.3. The van der Waals surface area contributed by atoms with E-state index in [-0.39, 0.29) is 0 Å². The summed E-state index contributed by atoms with van der Waals surface area (Å²) in [5.74, 6) is 0.391. The summed E-state index contributed by atoms with van der Waals surface area (Å²) in [7, 11) is 1.63. The summed E-state index contributed by atoms with van der Waals surface area (Å²) in [5, 5.41) is 18.6. The first-order chi connectivity index (χ1) is 16.9. The standard InChI is InChI=1S/C29H38O7/c1-28(2,26(30)31)14-6-16-35-24-18-22(9-8-21-10-12-23(34-5)13-11-21)19-25(20-24)36-17-7-15-29(3,4)27(32)33/h8-13,18-20H,6-7,14-17H2,1-5H3,(H,30,31)(H,32,33)/b9-8+. The van der Waals surface area contributed by atoms with Gasteiger partial charge in [-0.1, -0.05) is 24.3 Å². The molecular weight excluding hydrogens is 460 g/mol. The normalized spacial score (nSPS) is 11.9. The van der Waals surface area contributed by atoms with Crippen LogP contribution in [0.25, 0.3) is 12.2 Å². The van der Waals surface area contributed by atoms with Crippen LogP contribution in [0.2, 0.25) is 0 Å². The first-order valence-corrected chi connectivity index (χ1v) is 12.1. The molecule has 0 fully saturated rings. The summed E-state index contributed by atoms with van der Waals surface area (Å²) in [6.07, 6.45) is 6.15. The topological polar surface area (TPSA) is 102 Å². The number of carboxylic acids is 2. The zero-order valence-electron chi connectivity index (χ0n) is 21.9. The minimum absolute atomic E-state index is 0.384. The Kier molecular flexibility index (Phi) is 10.4. The van der Waals surface area contributed by atoms with Crippen LogP contribution >= 0.6 is 0 Å². The Bertz CT molecular complexity index is 984. The van der Waals surface area contributed by atoms with Crippen LogP contribution in [0.1, 0.15) is 64.5 Å². The Morgan fingerprint density at radius 1 is 0.722 bits per heavy atom. The largest absolute Gasteiger partial charge is 0.497 e. The van der Waals surface area contributed by atoms with Gasteiger partial charge >= 0.3 is 11.9 Å². The molecule has 0 bridgehead atoms. The molecule has 0 aliphatic rings. The molecule has 0 heterocycles. The number of ether oxygens (including phenoxy) is 3. The van der Waals surface area contributed by atoms with E-state index in [0.717, 1.165) is 16.9 Å². The number of carboxylic acid groups (broad SMARTS) is 2. The van der Waals surface area contributed by atoms with Crippen molar-refractivity contribution in [2.75, 3.05) is 20.3 Å². The molecule has 2 aromatic rings. The van der Waals surface area contributed by atoms with E-state index in [9.17, 15) is 19.8 Å². The Balaban J connectivity index is 2.10. The van der Waals surface area contributed by atoms with Gasteiger partial charge in [0.15, 0.2) is 0 Å². The highest BCUT2D eigenvalue weighted by Crippen LogP contribution is 2.28. The third-order valence-corrected chi connectivity index (χ3v) is 6.07. The molecule has 0 unspecified atom stereocenters. The average molecular weight is 499 g/mol. The van der Waals surface area contributed by atoms with E-state index in [0.29, 0.717) is 50.4 Å². The molecule has 7 nitrogen and oxygen atoms in total. The van der Waals surface area contributed by atoms with E-state index in [1.54, 1.807) is 40.9 Å². The van der Waals surface area contributed by atoms with Crippen molar-refractivity contribution >= 4 is 24.1 Å². The van der Waals surface area contributed by atoms with Crippen LogP contribution in [0.5, 0.6) is 17.2 Å². The summed E-state index contributed by atoms with van der Waals surface area (Å²) in [5.41, 5.74) is 0.292. The van der Waals surface area contributed by atoms with Gasteiger partial charge in [0.05, 0.1) is 31.2 Å². The van der Waals surface area contributed by atoms with Crippen LogP contribution in [0.15, 0.2) is 42.5 Å². The molecular formula is C29H38O7. The maximum atomic E-state index is 11.3. The Labute approximate surface area is 213 Å². The molecule has 0 amide bonds. The first kappa shape index (κ1) is 28.8. The highest BCUT2D eigenvalue weighted by Gasteiger charge is 2.27. The van der Waals surface area contributed by atoms with E-state index >= 15 is 0 Å². The van der Waals surface area contributed by atoms with Gasteiger partial charge in [0.1, 0.15) is 17.2 Å². The Morgan fingerprint density at radius 2 is 1.17 bits per heavy atom. The highest BCUT2D eigenvalue weighted by molar-refractivity contribution is 5.74. The number of methoxy groups -OCH3 is 1. The zero-order chi connectivity index (χ0) is 26.8. The van der Waals surface area contributed by atoms with E-state index in [1.807, 2.05) is 48.6 Å². The van der Waals surface area contributed by atoms with Gasteiger partial charge in [-0.2, -0.15) is 0 Å². The Hall–Kier alpha value is -3.48. The van der Waals surface area contributed by atoms with Crippen molar-refractivity contribution in [3.8, 4) is 17.2 Å². The van der Waals surface area contributed by atoms with Crippen molar-refractivity contribution in [1.29, 1.82) is 0 Å². The molecule has 0 aliphatic heterocycles. The average Bonchev–Trinajstić information content (AvgIpc) is 2.83. The fourth-order valence-electron chi connectivity index (χ4n) is 3.39. The lowest BCUT2D eigenvalue weighted by atomic mass is 9.88. The van der Waals surface area contributed by atoms with Gasteiger partial charge in [0.25, 0.3) is 0 Å². The number of aliphatic carboxylic acids is 2. The van der Waals surface area contributed by atoms with Gasteiger partial charge in [0, 0.05) is 6.07 Å². The quantitative estimate of drug-likeness (QED) is 0.216. The van der Waals surface area contributed by atoms with Gasteiger partial charge in [0.2, 0.25) is 0 Å². The molecule has 0 spiro atoms. The Morgan fingerprint density at radius 3 is 1.58 bits per heavy atom. The predicted octanol–water partition coefficient (Wildman–Crippen LogP) is 6.41. The van der Waals surface area contributed by atoms with Gasteiger partial charge in [-0.05, 0) is 88.8 Å². The molecule has 0 aromatic heterocycles. The van der Waals surface area contributed by atoms with Gasteiger partial charge in [-0.15, -0.1) is 0 Å². The van der Waals surface area contributed by atoms with Crippen molar-refractivity contribution in [2.45, 2.75) is 53.4 Å². The predicted molar refractivity (Wildman–Crippen MR) is 141 cm³/mol. The monoisotopic (exact) mass is 498 g/mol. The molecule has 2 aromatic carbocycles. The second-order valence-corrected chi connectivity index (χ2v) is 10.1. The first-order valence-electron chi connectivity index (χ1n) is 12.1. The fraction of sp³-hybridized carbons (Fsp3) is 0.448. The molecule has 0 atom stereocenters. The van der Waals surface area contributed by atoms with Crippen LogP contribution in [0.3, 0.4) is 0 Å². The molecule has 196 valence electrons. The maximum absolute atomic E-state index is 11.3. The van der Waals surface area contributed by atoms with Crippen molar-refractivity contribution < 1.29 is 34.0 Å².